The molecule has 0 aromatic heterocycles. The van der Waals surface area contributed by atoms with Crippen molar-refractivity contribution in [1.82, 2.24) is 0 Å². The molecule has 0 heterocycles. The molecule has 0 rings (SSSR count). The van der Waals surface area contributed by atoms with E-state index in [-0.39, 0.29) is 63.4 Å². The fourth-order valence-electron chi connectivity index (χ4n) is 0.267. The van der Waals surface area contributed by atoms with Gasteiger partial charge in [-0.1, -0.05) is 6.92 Å². The van der Waals surface area contributed by atoms with Crippen molar-refractivity contribution in [2.75, 3.05) is 0 Å². The second-order valence-electron chi connectivity index (χ2n) is 1.62. The summed E-state index contributed by atoms with van der Waals surface area (Å²) < 4.78 is 34.3. The van der Waals surface area contributed by atoms with Crippen molar-refractivity contribution in [3.8, 4) is 0 Å². The van der Waals surface area contributed by atoms with Crippen molar-refractivity contribution in [1.29, 1.82) is 0 Å². The Balaban J connectivity index is -0.000000177. The Morgan fingerprint density at radius 2 is 1.71 bits per heavy atom. The molecule has 1 N–H and O–H groups in total. The van der Waals surface area contributed by atoms with Crippen LogP contribution in [0.4, 0.5) is 0 Å². The number of hydrogen-bond donors (Lipinski definition) is 1. The van der Waals surface area contributed by atoms with Gasteiger partial charge in [-0.05, 0) is 6.42 Å². The van der Waals surface area contributed by atoms with Crippen molar-refractivity contribution in [3.05, 3.63) is 5.57 Å². The SMILES string of the molecule is CCC(=C=O)C(=O)O.[K+].[O]=[Mn](=[O])(=[O])[O-]. The Hall–Kier alpha value is 0.436. The summed E-state index contributed by atoms with van der Waals surface area (Å²) >= 11 is -5.62. The number of carbonyl (C=O) groups is 1. The van der Waals surface area contributed by atoms with Gasteiger partial charge >= 0.3 is 86.0 Å². The van der Waals surface area contributed by atoms with Crippen LogP contribution in [-0.4, -0.2) is 17.0 Å². The van der Waals surface area contributed by atoms with E-state index in [0.717, 1.165) is 0 Å². The van der Waals surface area contributed by atoms with Crippen LogP contribution < -0.4 is 55.6 Å². The van der Waals surface area contributed by atoms with Crippen LogP contribution in [0.5, 0.6) is 0 Å². The van der Waals surface area contributed by atoms with Gasteiger partial charge in [-0.3, -0.25) is 0 Å². The normalized spacial score (nSPS) is 8.43. The van der Waals surface area contributed by atoms with Gasteiger partial charge in [-0.15, -0.1) is 0 Å². The Morgan fingerprint density at radius 3 is 1.71 bits per heavy atom. The molecule has 0 atom stereocenters. The van der Waals surface area contributed by atoms with Crippen LogP contribution in [0, 0.1) is 0 Å². The van der Waals surface area contributed by atoms with E-state index in [1.54, 1.807) is 6.92 Å². The van der Waals surface area contributed by atoms with Crippen molar-refractivity contribution in [3.63, 3.8) is 0 Å². The Labute approximate surface area is 124 Å². The number of aliphatic carboxylic acids is 1. The van der Waals surface area contributed by atoms with Gasteiger partial charge in [0, 0.05) is 0 Å². The van der Waals surface area contributed by atoms with E-state index in [9.17, 15) is 9.59 Å². The van der Waals surface area contributed by atoms with E-state index in [0.29, 0.717) is 0 Å². The van der Waals surface area contributed by atoms with Crippen LogP contribution >= 0.6 is 0 Å². The summed E-state index contributed by atoms with van der Waals surface area (Å²) in [5.74, 6) is 0.140. The predicted octanol–water partition coefficient (Wildman–Crippen LogP) is -4.30. The molecule has 0 radical (unpaired) electrons. The summed E-state index contributed by atoms with van der Waals surface area (Å²) in [7, 11) is 0. The van der Waals surface area contributed by atoms with E-state index in [1.165, 1.54) is 5.94 Å². The third kappa shape index (κ3) is 22.9. The first-order valence-corrected chi connectivity index (χ1v) is 4.74. The average Bonchev–Trinajstić information content (AvgIpc) is 1.85. The molecule has 0 unspecified atom stereocenters. The van der Waals surface area contributed by atoms with E-state index >= 15 is 0 Å². The molecule has 0 fully saturated rings. The predicted molar refractivity (Wildman–Crippen MR) is 29.2 cm³/mol. The maximum absolute atomic E-state index is 9.86. The molecule has 0 spiro atoms. The average molecular weight is 272 g/mol. The van der Waals surface area contributed by atoms with Crippen molar-refractivity contribution >= 4 is 11.9 Å². The minimum atomic E-state index is -5.62. The van der Waals surface area contributed by atoms with Gasteiger partial charge < -0.3 is 5.11 Å². The topological polar surface area (TPSA) is 129 Å². The van der Waals surface area contributed by atoms with Gasteiger partial charge in [0.05, 0.1) is 0 Å². The van der Waals surface area contributed by atoms with Crippen LogP contribution in [0.1, 0.15) is 13.3 Å². The molecule has 0 aliphatic heterocycles. The van der Waals surface area contributed by atoms with Crippen LogP contribution in [0.3, 0.4) is 0 Å². The first-order valence-electron chi connectivity index (χ1n) is 2.81. The third-order valence-electron chi connectivity index (χ3n) is 0.735. The summed E-state index contributed by atoms with van der Waals surface area (Å²) in [6.07, 6.45) is 0.235. The Kier molecular flexibility index (Phi) is 14.2. The first-order chi connectivity index (χ1) is 5.72. The Morgan fingerprint density at radius 1 is 1.43 bits per heavy atom. The second-order valence-corrected chi connectivity index (χ2v) is 2.80. The van der Waals surface area contributed by atoms with Gasteiger partial charge in [0.1, 0.15) is 11.5 Å². The number of carbonyl (C=O) groups excluding carboxylic acids is 1. The summed E-state index contributed by atoms with van der Waals surface area (Å²) in [4.78, 5) is 19.5. The molecular weight excluding hydrogens is 266 g/mol. The summed E-state index contributed by atoms with van der Waals surface area (Å²) in [6, 6.07) is 0. The molecule has 0 saturated heterocycles. The number of hydrogen-bond acceptors (Lipinski definition) is 6. The van der Waals surface area contributed by atoms with Gasteiger partial charge in [-0.2, -0.15) is 0 Å². The van der Waals surface area contributed by atoms with Gasteiger partial charge in [0.25, 0.3) is 0 Å². The molecule has 0 amide bonds. The molecule has 0 saturated carbocycles. The fraction of sp³-hybridized carbons (Fsp3) is 0.400. The third-order valence-corrected chi connectivity index (χ3v) is 0.735. The summed E-state index contributed by atoms with van der Waals surface area (Å²) in [6.45, 7) is 1.59. The standard InChI is InChI=1S/C5H6O3.K.Mn.4O/c1-2-4(3-6)5(7)8;;;;;;/h2H2,1H3,(H,7,8);;;;;;/q;+1;;;;;-1. The molecule has 0 aromatic rings. The van der Waals surface area contributed by atoms with E-state index in [1.807, 2.05) is 0 Å². The van der Waals surface area contributed by atoms with Crippen molar-refractivity contribution < 1.29 is 94.7 Å². The Bertz CT molecular complexity index is 355. The molecule has 0 aliphatic rings. The summed E-state index contributed by atoms with van der Waals surface area (Å²) in [5, 5.41) is 8.07. The first kappa shape index (κ1) is 19.9. The molecule has 0 aromatic carbocycles. The number of carboxylic acid groups (broad SMARTS) is 1. The van der Waals surface area contributed by atoms with Crippen LogP contribution in [0.15, 0.2) is 5.57 Å². The monoisotopic (exact) mass is 272 g/mol. The van der Waals surface area contributed by atoms with Gasteiger partial charge in [0.15, 0.2) is 0 Å². The zero-order valence-corrected chi connectivity index (χ0v) is 11.8. The van der Waals surface area contributed by atoms with Crippen molar-refractivity contribution in [2.45, 2.75) is 13.3 Å². The molecule has 0 bridgehead atoms. The molecule has 76 valence electrons. The fourth-order valence-corrected chi connectivity index (χ4v) is 0.267. The van der Waals surface area contributed by atoms with Crippen LogP contribution in [0.25, 0.3) is 0 Å². The molecule has 0 aliphatic carbocycles. The van der Waals surface area contributed by atoms with Crippen molar-refractivity contribution in [2.24, 2.45) is 0 Å². The van der Waals surface area contributed by atoms with E-state index in [4.69, 9.17) is 20.8 Å². The van der Waals surface area contributed by atoms with Crippen LogP contribution in [0.2, 0.25) is 0 Å². The maximum atomic E-state index is 9.86. The zero-order chi connectivity index (χ0) is 11.1. The second kappa shape index (κ2) is 9.97. The number of rotatable bonds is 2. The number of carboxylic acids is 1. The van der Waals surface area contributed by atoms with Crippen LogP contribution in [-0.2, 0) is 34.1 Å². The minimum absolute atomic E-state index is 0. The molecular formula is C5H6KMnO7. The quantitative estimate of drug-likeness (QED) is 0.306. The molecule has 7 nitrogen and oxygen atoms in total. The summed E-state index contributed by atoms with van der Waals surface area (Å²) in [5.41, 5.74) is -0.204. The molecule has 14 heavy (non-hydrogen) atoms. The van der Waals surface area contributed by atoms with Gasteiger partial charge in [0.2, 0.25) is 0 Å². The zero-order valence-electron chi connectivity index (χ0n) is 7.48. The van der Waals surface area contributed by atoms with Gasteiger partial charge in [-0.25, -0.2) is 9.59 Å². The van der Waals surface area contributed by atoms with E-state index < -0.39 is 18.9 Å². The molecule has 9 heteroatoms. The van der Waals surface area contributed by atoms with E-state index in [2.05, 4.69) is 0 Å².